The number of unbranched alkanes of at least 4 members (excludes halogenated alkanes) is 2. The summed E-state index contributed by atoms with van der Waals surface area (Å²) in [6.07, 6.45) is 5.75. The Labute approximate surface area is 132 Å². The molecule has 0 radical (unpaired) electrons. The molecule has 0 saturated heterocycles. The predicted octanol–water partition coefficient (Wildman–Crippen LogP) is 3.71. The highest BCUT2D eigenvalue weighted by Gasteiger charge is 2.21. The van der Waals surface area contributed by atoms with E-state index >= 15 is 0 Å². The Bertz CT molecular complexity index is 554. The van der Waals surface area contributed by atoms with Gasteiger partial charge in [-0.1, -0.05) is 56.2 Å². The van der Waals surface area contributed by atoms with Gasteiger partial charge in [0.1, 0.15) is 0 Å². The summed E-state index contributed by atoms with van der Waals surface area (Å²) in [6, 6.07) is 15.8. The molecular formula is C19H24N2O. The van der Waals surface area contributed by atoms with E-state index in [-0.39, 0.29) is 11.8 Å². The minimum Gasteiger partial charge on any atom is -0.356 e. The van der Waals surface area contributed by atoms with Gasteiger partial charge in [0.25, 0.3) is 0 Å². The van der Waals surface area contributed by atoms with Gasteiger partial charge in [-0.2, -0.15) is 0 Å². The molecule has 0 aliphatic heterocycles. The molecule has 0 bridgehead atoms. The molecule has 1 N–H and O–H groups in total. The van der Waals surface area contributed by atoms with Crippen molar-refractivity contribution in [1.29, 1.82) is 0 Å². The molecule has 1 atom stereocenters. The van der Waals surface area contributed by atoms with Gasteiger partial charge in [0.15, 0.2) is 0 Å². The van der Waals surface area contributed by atoms with E-state index in [0.717, 1.165) is 37.1 Å². The van der Waals surface area contributed by atoms with Crippen molar-refractivity contribution in [2.24, 2.45) is 0 Å². The summed E-state index contributed by atoms with van der Waals surface area (Å²) in [5.74, 6) is -0.0920. The number of hydrogen-bond acceptors (Lipinski definition) is 2. The number of amides is 1. The Morgan fingerprint density at radius 2 is 1.86 bits per heavy atom. The van der Waals surface area contributed by atoms with Crippen LogP contribution in [0.5, 0.6) is 0 Å². The second-order valence-electron chi connectivity index (χ2n) is 5.49. The molecule has 3 nitrogen and oxygen atoms in total. The van der Waals surface area contributed by atoms with Gasteiger partial charge in [-0.25, -0.2) is 0 Å². The van der Waals surface area contributed by atoms with Crippen molar-refractivity contribution in [2.75, 3.05) is 6.54 Å². The first-order valence-corrected chi connectivity index (χ1v) is 8.04. The molecule has 2 rings (SSSR count). The predicted molar refractivity (Wildman–Crippen MR) is 89.7 cm³/mol. The van der Waals surface area contributed by atoms with Gasteiger partial charge < -0.3 is 5.32 Å². The van der Waals surface area contributed by atoms with E-state index in [1.54, 1.807) is 6.20 Å². The average molecular weight is 296 g/mol. The van der Waals surface area contributed by atoms with Crippen molar-refractivity contribution in [2.45, 2.75) is 38.5 Å². The Morgan fingerprint density at radius 3 is 2.55 bits per heavy atom. The molecule has 2 aromatic rings. The number of nitrogens with zero attached hydrogens (tertiary/aromatic N) is 1. The number of nitrogens with one attached hydrogen (secondary N) is 1. The zero-order valence-electron chi connectivity index (χ0n) is 13.2. The van der Waals surface area contributed by atoms with Crippen LogP contribution in [0.15, 0.2) is 54.7 Å². The van der Waals surface area contributed by atoms with Gasteiger partial charge in [0.05, 0.1) is 5.92 Å². The summed E-state index contributed by atoms with van der Waals surface area (Å²) < 4.78 is 0. The topological polar surface area (TPSA) is 42.0 Å². The number of hydrogen-bond donors (Lipinski definition) is 1. The van der Waals surface area contributed by atoms with Crippen LogP contribution < -0.4 is 5.32 Å². The van der Waals surface area contributed by atoms with Crippen LogP contribution in [0.4, 0.5) is 0 Å². The summed E-state index contributed by atoms with van der Waals surface area (Å²) >= 11 is 0. The maximum absolute atomic E-state index is 12.6. The van der Waals surface area contributed by atoms with Gasteiger partial charge in [0, 0.05) is 24.9 Å². The molecule has 116 valence electrons. The normalized spacial score (nSPS) is 11.9. The fraction of sp³-hybridized carbons (Fsp3) is 0.368. The molecule has 0 spiro atoms. The van der Waals surface area contributed by atoms with E-state index in [1.165, 1.54) is 0 Å². The third-order valence-corrected chi connectivity index (χ3v) is 3.74. The van der Waals surface area contributed by atoms with Crippen LogP contribution in [-0.4, -0.2) is 17.4 Å². The van der Waals surface area contributed by atoms with E-state index in [0.29, 0.717) is 6.42 Å². The standard InChI is InChI=1S/C19H24N2O/c1-2-3-8-14-21-19(22)18(16-10-5-4-6-11-16)15-17-12-7-9-13-20-17/h4-7,9-13,18H,2-3,8,14-15H2,1H3,(H,21,22). The lowest BCUT2D eigenvalue weighted by atomic mass is 9.93. The lowest BCUT2D eigenvalue weighted by molar-refractivity contribution is -0.122. The molecule has 1 heterocycles. The maximum atomic E-state index is 12.6. The summed E-state index contributed by atoms with van der Waals surface area (Å²) in [5.41, 5.74) is 1.99. The quantitative estimate of drug-likeness (QED) is 0.754. The van der Waals surface area contributed by atoms with Gasteiger partial charge in [0.2, 0.25) is 5.91 Å². The smallest absolute Gasteiger partial charge is 0.227 e. The molecule has 1 aromatic heterocycles. The van der Waals surface area contributed by atoms with E-state index in [1.807, 2.05) is 48.5 Å². The number of rotatable bonds is 8. The first kappa shape index (κ1) is 16.2. The monoisotopic (exact) mass is 296 g/mol. The van der Waals surface area contributed by atoms with E-state index in [4.69, 9.17) is 0 Å². The zero-order valence-corrected chi connectivity index (χ0v) is 13.2. The summed E-state index contributed by atoms with van der Waals surface area (Å²) in [4.78, 5) is 16.9. The fourth-order valence-electron chi connectivity index (χ4n) is 2.49. The Kier molecular flexibility index (Phi) is 6.62. The third kappa shape index (κ3) is 4.99. The van der Waals surface area contributed by atoms with Crippen LogP contribution in [-0.2, 0) is 11.2 Å². The van der Waals surface area contributed by atoms with Crippen molar-refractivity contribution in [3.05, 3.63) is 66.0 Å². The van der Waals surface area contributed by atoms with Crippen molar-refractivity contribution >= 4 is 5.91 Å². The molecule has 1 aromatic carbocycles. The molecule has 3 heteroatoms. The van der Waals surface area contributed by atoms with Crippen LogP contribution in [0.1, 0.15) is 43.4 Å². The highest BCUT2D eigenvalue weighted by molar-refractivity contribution is 5.83. The van der Waals surface area contributed by atoms with Crippen LogP contribution in [0.3, 0.4) is 0 Å². The van der Waals surface area contributed by atoms with Crippen molar-refractivity contribution in [1.82, 2.24) is 10.3 Å². The van der Waals surface area contributed by atoms with Crippen molar-refractivity contribution in [3.63, 3.8) is 0 Å². The van der Waals surface area contributed by atoms with E-state index in [9.17, 15) is 4.79 Å². The first-order valence-electron chi connectivity index (χ1n) is 8.04. The second kappa shape index (κ2) is 8.98. The number of pyridine rings is 1. The van der Waals surface area contributed by atoms with E-state index < -0.39 is 0 Å². The van der Waals surface area contributed by atoms with Crippen LogP contribution in [0.25, 0.3) is 0 Å². The molecule has 22 heavy (non-hydrogen) atoms. The van der Waals surface area contributed by atoms with Crippen molar-refractivity contribution in [3.8, 4) is 0 Å². The van der Waals surface area contributed by atoms with Crippen molar-refractivity contribution < 1.29 is 4.79 Å². The molecular weight excluding hydrogens is 272 g/mol. The fourth-order valence-corrected chi connectivity index (χ4v) is 2.49. The number of aromatic nitrogens is 1. The highest BCUT2D eigenvalue weighted by Crippen LogP contribution is 2.20. The largest absolute Gasteiger partial charge is 0.356 e. The van der Waals surface area contributed by atoms with Gasteiger partial charge in [-0.05, 0) is 24.1 Å². The van der Waals surface area contributed by atoms with Gasteiger partial charge in [-0.15, -0.1) is 0 Å². The summed E-state index contributed by atoms with van der Waals surface area (Å²) in [7, 11) is 0. The maximum Gasteiger partial charge on any atom is 0.227 e. The zero-order chi connectivity index (χ0) is 15.6. The third-order valence-electron chi connectivity index (χ3n) is 3.74. The molecule has 1 unspecified atom stereocenters. The first-order chi connectivity index (χ1) is 10.8. The second-order valence-corrected chi connectivity index (χ2v) is 5.49. The van der Waals surface area contributed by atoms with Gasteiger partial charge in [-0.3, -0.25) is 9.78 Å². The van der Waals surface area contributed by atoms with Crippen LogP contribution >= 0.6 is 0 Å². The van der Waals surface area contributed by atoms with Crippen LogP contribution in [0, 0.1) is 0 Å². The van der Waals surface area contributed by atoms with Crippen LogP contribution in [0.2, 0.25) is 0 Å². The summed E-state index contributed by atoms with van der Waals surface area (Å²) in [6.45, 7) is 2.91. The number of carbonyl (C=O) groups is 1. The Balaban J connectivity index is 2.06. The molecule has 0 saturated carbocycles. The molecule has 0 aliphatic rings. The SMILES string of the molecule is CCCCCNC(=O)C(Cc1ccccn1)c1ccccc1. The average Bonchev–Trinajstić information content (AvgIpc) is 2.58. The molecule has 0 fully saturated rings. The highest BCUT2D eigenvalue weighted by atomic mass is 16.1. The Hall–Kier alpha value is -2.16. The van der Waals surface area contributed by atoms with Gasteiger partial charge >= 0.3 is 0 Å². The molecule has 0 aliphatic carbocycles. The number of benzene rings is 1. The lowest BCUT2D eigenvalue weighted by Gasteiger charge is -2.17. The minimum atomic E-state index is -0.183. The molecule has 1 amide bonds. The lowest BCUT2D eigenvalue weighted by Crippen LogP contribution is -2.31. The minimum absolute atomic E-state index is 0.0907. The van der Waals surface area contributed by atoms with E-state index in [2.05, 4.69) is 17.2 Å². The number of carbonyl (C=O) groups excluding carboxylic acids is 1. The summed E-state index contributed by atoms with van der Waals surface area (Å²) in [5, 5.41) is 3.07. The Morgan fingerprint density at radius 1 is 1.09 bits per heavy atom.